The lowest BCUT2D eigenvalue weighted by atomic mass is 10.1. The van der Waals surface area contributed by atoms with Crippen LogP contribution in [0.2, 0.25) is 0 Å². The van der Waals surface area contributed by atoms with Gasteiger partial charge in [0.15, 0.2) is 0 Å². The Labute approximate surface area is 102 Å². The smallest absolute Gasteiger partial charge is 0.251 e. The van der Waals surface area contributed by atoms with Gasteiger partial charge in [-0.1, -0.05) is 31.5 Å². The summed E-state index contributed by atoms with van der Waals surface area (Å²) in [5, 5.41) is 2.81. The maximum atomic E-state index is 11.7. The van der Waals surface area contributed by atoms with Gasteiger partial charge in [-0.05, 0) is 25.0 Å². The van der Waals surface area contributed by atoms with Crippen LogP contribution in [0.15, 0.2) is 24.3 Å². The summed E-state index contributed by atoms with van der Waals surface area (Å²) in [5.41, 5.74) is 1.83. The van der Waals surface area contributed by atoms with Crippen molar-refractivity contribution in [2.75, 3.05) is 6.54 Å². The number of nitrogens with one attached hydrogen (secondary N) is 1. The Morgan fingerprint density at radius 3 is 2.38 bits per heavy atom. The van der Waals surface area contributed by atoms with Crippen LogP contribution in [0.25, 0.3) is 0 Å². The van der Waals surface area contributed by atoms with E-state index in [2.05, 4.69) is 5.32 Å². The van der Waals surface area contributed by atoms with Crippen molar-refractivity contribution in [1.29, 1.82) is 0 Å². The van der Waals surface area contributed by atoms with Crippen molar-refractivity contribution in [2.45, 2.75) is 26.1 Å². The molecule has 0 aliphatic rings. The summed E-state index contributed by atoms with van der Waals surface area (Å²) in [6, 6.07) is 7.50. The van der Waals surface area contributed by atoms with Crippen molar-refractivity contribution < 1.29 is 4.79 Å². The molecule has 0 saturated carbocycles. The van der Waals surface area contributed by atoms with E-state index in [4.69, 9.17) is 11.6 Å². The number of benzene rings is 1. The summed E-state index contributed by atoms with van der Waals surface area (Å²) >= 11 is 6.06. The van der Waals surface area contributed by atoms with Crippen LogP contribution in [0.1, 0.15) is 29.8 Å². The monoisotopic (exact) mass is 239 g/mol. The summed E-state index contributed by atoms with van der Waals surface area (Å²) in [5.74, 6) is 0.297. The fraction of sp³-hybridized carbons (Fsp3) is 0.462. The first kappa shape index (κ1) is 13.0. The largest absolute Gasteiger partial charge is 0.351 e. The van der Waals surface area contributed by atoms with E-state index in [1.165, 1.54) is 0 Å². The molecule has 0 radical (unpaired) electrons. The molecule has 0 aliphatic carbocycles. The highest BCUT2D eigenvalue weighted by atomic mass is 35.5. The van der Waals surface area contributed by atoms with Crippen LogP contribution in [0.5, 0.6) is 0 Å². The van der Waals surface area contributed by atoms with Gasteiger partial charge >= 0.3 is 0 Å². The fourth-order valence-corrected chi connectivity index (χ4v) is 1.31. The van der Waals surface area contributed by atoms with Crippen molar-refractivity contribution in [3.8, 4) is 0 Å². The molecule has 0 fully saturated rings. The van der Waals surface area contributed by atoms with Gasteiger partial charge in [0, 0.05) is 12.1 Å². The average Bonchev–Trinajstić information content (AvgIpc) is 2.26. The standard InChI is InChI=1S/C13H18ClNO/c1-9(2)12(14)8-15-13(16)11-6-4-10(3)5-7-11/h4-7,9,12H,8H2,1-3H3,(H,15,16). The van der Waals surface area contributed by atoms with E-state index >= 15 is 0 Å². The van der Waals surface area contributed by atoms with Crippen LogP contribution in [0, 0.1) is 12.8 Å². The molecule has 0 aromatic heterocycles. The molecular formula is C13H18ClNO. The van der Waals surface area contributed by atoms with Crippen molar-refractivity contribution in [3.63, 3.8) is 0 Å². The maximum absolute atomic E-state index is 11.7. The molecule has 1 aromatic rings. The molecule has 16 heavy (non-hydrogen) atoms. The minimum absolute atomic E-state index is 0.0191. The van der Waals surface area contributed by atoms with Crippen LogP contribution in [-0.2, 0) is 0 Å². The Hall–Kier alpha value is -1.02. The third-order valence-corrected chi connectivity index (χ3v) is 3.15. The van der Waals surface area contributed by atoms with Crippen molar-refractivity contribution >= 4 is 17.5 Å². The minimum Gasteiger partial charge on any atom is -0.351 e. The summed E-state index contributed by atoms with van der Waals surface area (Å²) in [7, 11) is 0. The zero-order valence-electron chi connectivity index (χ0n) is 9.96. The minimum atomic E-state index is -0.0636. The van der Waals surface area contributed by atoms with Gasteiger partial charge in [0.05, 0.1) is 5.38 Å². The highest BCUT2D eigenvalue weighted by Gasteiger charge is 2.11. The average molecular weight is 240 g/mol. The lowest BCUT2D eigenvalue weighted by molar-refractivity contribution is 0.0952. The predicted octanol–water partition coefficient (Wildman–Crippen LogP) is 2.99. The third-order valence-electron chi connectivity index (χ3n) is 2.49. The van der Waals surface area contributed by atoms with Crippen LogP contribution < -0.4 is 5.32 Å². The molecule has 0 heterocycles. The van der Waals surface area contributed by atoms with E-state index in [-0.39, 0.29) is 11.3 Å². The molecule has 0 saturated heterocycles. The van der Waals surface area contributed by atoms with E-state index < -0.39 is 0 Å². The molecule has 1 N–H and O–H groups in total. The normalized spacial score (nSPS) is 12.6. The second-order valence-corrected chi connectivity index (χ2v) is 4.90. The number of rotatable bonds is 4. The first-order valence-corrected chi connectivity index (χ1v) is 5.93. The molecule has 0 bridgehead atoms. The first-order valence-electron chi connectivity index (χ1n) is 5.49. The molecule has 0 aliphatic heterocycles. The third kappa shape index (κ3) is 3.86. The molecule has 1 amide bonds. The van der Waals surface area contributed by atoms with Gasteiger partial charge in [0.25, 0.3) is 5.91 Å². The molecule has 1 rings (SSSR count). The van der Waals surface area contributed by atoms with Crippen molar-refractivity contribution in [3.05, 3.63) is 35.4 Å². The maximum Gasteiger partial charge on any atom is 0.251 e. The first-order chi connectivity index (χ1) is 7.50. The Morgan fingerprint density at radius 2 is 1.88 bits per heavy atom. The number of halogens is 1. The zero-order valence-corrected chi connectivity index (χ0v) is 10.7. The molecule has 2 nitrogen and oxygen atoms in total. The Morgan fingerprint density at radius 1 is 1.31 bits per heavy atom. The Kier molecular flexibility index (Phi) is 4.81. The highest BCUT2D eigenvalue weighted by molar-refractivity contribution is 6.21. The van der Waals surface area contributed by atoms with Gasteiger partial charge in [-0.2, -0.15) is 0 Å². The number of aryl methyl sites for hydroxylation is 1. The van der Waals surface area contributed by atoms with Crippen LogP contribution in [0.3, 0.4) is 0 Å². The van der Waals surface area contributed by atoms with E-state index in [0.29, 0.717) is 18.0 Å². The van der Waals surface area contributed by atoms with Gasteiger partial charge in [0.2, 0.25) is 0 Å². The Balaban J connectivity index is 2.50. The summed E-state index contributed by atoms with van der Waals surface area (Å²) in [4.78, 5) is 11.7. The molecule has 1 aromatic carbocycles. The van der Waals surface area contributed by atoms with Gasteiger partial charge in [-0.3, -0.25) is 4.79 Å². The second kappa shape index (κ2) is 5.90. The molecule has 1 unspecified atom stereocenters. The lowest BCUT2D eigenvalue weighted by Crippen LogP contribution is -2.31. The molecule has 88 valence electrons. The van der Waals surface area contributed by atoms with Crippen LogP contribution in [0.4, 0.5) is 0 Å². The number of carbonyl (C=O) groups excluding carboxylic acids is 1. The fourth-order valence-electron chi connectivity index (χ4n) is 1.23. The van der Waals surface area contributed by atoms with Gasteiger partial charge in [0.1, 0.15) is 0 Å². The molecule has 3 heteroatoms. The predicted molar refractivity (Wildman–Crippen MR) is 68.0 cm³/mol. The molecular weight excluding hydrogens is 222 g/mol. The topological polar surface area (TPSA) is 29.1 Å². The second-order valence-electron chi connectivity index (χ2n) is 4.34. The van der Waals surface area contributed by atoms with E-state index in [0.717, 1.165) is 5.56 Å². The van der Waals surface area contributed by atoms with Crippen molar-refractivity contribution in [1.82, 2.24) is 5.32 Å². The lowest BCUT2D eigenvalue weighted by Gasteiger charge is -2.14. The zero-order chi connectivity index (χ0) is 12.1. The number of hydrogen-bond acceptors (Lipinski definition) is 1. The summed E-state index contributed by atoms with van der Waals surface area (Å²) < 4.78 is 0. The SMILES string of the molecule is Cc1ccc(C(=O)NCC(Cl)C(C)C)cc1. The van der Waals surface area contributed by atoms with E-state index in [1.807, 2.05) is 45.0 Å². The van der Waals surface area contributed by atoms with E-state index in [9.17, 15) is 4.79 Å². The quantitative estimate of drug-likeness (QED) is 0.805. The van der Waals surface area contributed by atoms with Crippen LogP contribution in [-0.4, -0.2) is 17.8 Å². The summed E-state index contributed by atoms with van der Waals surface area (Å²) in [6.45, 7) is 6.58. The van der Waals surface area contributed by atoms with Crippen molar-refractivity contribution in [2.24, 2.45) is 5.92 Å². The molecule has 1 atom stereocenters. The van der Waals surface area contributed by atoms with Gasteiger partial charge < -0.3 is 5.32 Å². The summed E-state index contributed by atoms with van der Waals surface area (Å²) in [6.07, 6.45) is 0. The van der Waals surface area contributed by atoms with Gasteiger partial charge in [-0.15, -0.1) is 11.6 Å². The Bertz CT molecular complexity index is 345. The number of amides is 1. The van der Waals surface area contributed by atoms with Crippen LogP contribution >= 0.6 is 11.6 Å². The van der Waals surface area contributed by atoms with Gasteiger partial charge in [-0.25, -0.2) is 0 Å². The number of hydrogen-bond donors (Lipinski definition) is 1. The van der Waals surface area contributed by atoms with E-state index in [1.54, 1.807) is 0 Å². The number of carbonyl (C=O) groups is 1. The number of alkyl halides is 1. The highest BCUT2D eigenvalue weighted by Crippen LogP contribution is 2.08. The molecule has 0 spiro atoms.